The maximum Gasteiger partial charge on any atom is 0.194 e. The zero-order valence-electron chi connectivity index (χ0n) is 9.46. The lowest BCUT2D eigenvalue weighted by Gasteiger charge is -2.04. The summed E-state index contributed by atoms with van der Waals surface area (Å²) in [5, 5.41) is 4.14. The monoisotopic (exact) mass is 228 g/mol. The van der Waals surface area contributed by atoms with Crippen molar-refractivity contribution < 1.29 is 9.53 Å². The van der Waals surface area contributed by atoms with Crippen LogP contribution in [0.3, 0.4) is 0 Å². The number of rotatable bonds is 2. The zero-order valence-corrected chi connectivity index (χ0v) is 9.46. The Bertz CT molecular complexity index is 574. The number of carbonyl (C=O) groups excluding carboxylic acids is 1. The molecule has 86 valence electrons. The molecule has 1 unspecified atom stereocenters. The van der Waals surface area contributed by atoms with Gasteiger partial charge in [0, 0.05) is 18.8 Å². The third kappa shape index (κ3) is 1.62. The van der Waals surface area contributed by atoms with E-state index in [1.54, 1.807) is 24.0 Å². The van der Waals surface area contributed by atoms with Crippen molar-refractivity contribution in [2.45, 2.75) is 5.92 Å². The van der Waals surface area contributed by atoms with Crippen LogP contribution < -0.4 is 4.74 Å². The topological polar surface area (TPSA) is 44.1 Å². The summed E-state index contributed by atoms with van der Waals surface area (Å²) in [6.07, 6.45) is 1.77. The summed E-state index contributed by atoms with van der Waals surface area (Å²) >= 11 is 0. The Morgan fingerprint density at radius 3 is 3.00 bits per heavy atom. The number of aryl methyl sites for hydroxylation is 1. The molecule has 1 aromatic carbocycles. The van der Waals surface area contributed by atoms with Gasteiger partial charge in [-0.05, 0) is 12.1 Å². The fraction of sp³-hybridized carbons (Fsp3) is 0.231. The molecule has 1 atom stereocenters. The van der Waals surface area contributed by atoms with E-state index in [9.17, 15) is 4.79 Å². The van der Waals surface area contributed by atoms with Crippen molar-refractivity contribution >= 4 is 5.78 Å². The number of nitrogens with zero attached hydrogens (tertiary/aromatic N) is 2. The fourth-order valence-electron chi connectivity index (χ4n) is 2.10. The summed E-state index contributed by atoms with van der Waals surface area (Å²) in [6.45, 7) is 0.411. The molecule has 0 N–H and O–H groups in total. The second-order valence-corrected chi connectivity index (χ2v) is 4.14. The van der Waals surface area contributed by atoms with E-state index in [0.29, 0.717) is 12.3 Å². The molecule has 4 heteroatoms. The normalized spacial score (nSPS) is 17.6. The number of fused-ring (bicyclic) bond motifs is 1. The van der Waals surface area contributed by atoms with Gasteiger partial charge >= 0.3 is 0 Å². The van der Waals surface area contributed by atoms with Gasteiger partial charge in [-0.15, -0.1) is 0 Å². The van der Waals surface area contributed by atoms with Gasteiger partial charge in [0.05, 0.1) is 5.92 Å². The van der Waals surface area contributed by atoms with Gasteiger partial charge in [0.25, 0.3) is 0 Å². The Hall–Kier alpha value is -2.10. The summed E-state index contributed by atoms with van der Waals surface area (Å²) in [6, 6.07) is 9.40. The largest absolute Gasteiger partial charge is 0.492 e. The fourth-order valence-corrected chi connectivity index (χ4v) is 2.10. The van der Waals surface area contributed by atoms with Gasteiger partial charge in [0.2, 0.25) is 0 Å². The molecule has 0 spiro atoms. The molecule has 0 aliphatic carbocycles. The standard InChI is InChI=1S/C13H12N2O2/c1-15-7-6-11(14-15)13(16)10-8-17-12-5-3-2-4-9(10)12/h2-7,10H,8H2,1H3. The number of hydrogen-bond acceptors (Lipinski definition) is 3. The Balaban J connectivity index is 1.95. The van der Waals surface area contributed by atoms with Crippen LogP contribution in [0.25, 0.3) is 0 Å². The molecule has 0 saturated carbocycles. The first-order valence-electron chi connectivity index (χ1n) is 5.51. The summed E-state index contributed by atoms with van der Waals surface area (Å²) < 4.78 is 7.14. The van der Waals surface area contributed by atoms with Crippen LogP contribution in [0, 0.1) is 0 Å². The maximum atomic E-state index is 12.3. The molecular formula is C13H12N2O2. The quantitative estimate of drug-likeness (QED) is 0.736. The van der Waals surface area contributed by atoms with E-state index < -0.39 is 0 Å². The SMILES string of the molecule is Cn1ccc(C(=O)C2COc3ccccc32)n1. The van der Waals surface area contributed by atoms with E-state index in [1.807, 2.05) is 24.3 Å². The van der Waals surface area contributed by atoms with Gasteiger partial charge in [0.15, 0.2) is 5.78 Å². The van der Waals surface area contributed by atoms with Gasteiger partial charge < -0.3 is 4.74 Å². The summed E-state index contributed by atoms with van der Waals surface area (Å²) in [7, 11) is 1.80. The molecule has 0 bridgehead atoms. The van der Waals surface area contributed by atoms with E-state index in [0.717, 1.165) is 11.3 Å². The zero-order chi connectivity index (χ0) is 11.8. The Morgan fingerprint density at radius 2 is 2.24 bits per heavy atom. The second-order valence-electron chi connectivity index (χ2n) is 4.14. The molecule has 0 saturated heterocycles. The lowest BCUT2D eigenvalue weighted by atomic mass is 9.95. The van der Waals surface area contributed by atoms with Crippen LogP contribution in [0.1, 0.15) is 22.0 Å². The number of benzene rings is 1. The number of ketones is 1. The van der Waals surface area contributed by atoms with E-state index in [1.165, 1.54) is 0 Å². The lowest BCUT2D eigenvalue weighted by molar-refractivity contribution is 0.0942. The number of aromatic nitrogens is 2. The van der Waals surface area contributed by atoms with Crippen LogP contribution in [-0.2, 0) is 7.05 Å². The van der Waals surface area contributed by atoms with Crippen molar-refractivity contribution in [2.24, 2.45) is 7.05 Å². The molecule has 3 rings (SSSR count). The molecule has 0 radical (unpaired) electrons. The van der Waals surface area contributed by atoms with Crippen molar-refractivity contribution in [3.05, 3.63) is 47.8 Å². The van der Waals surface area contributed by atoms with Crippen molar-refractivity contribution in [2.75, 3.05) is 6.61 Å². The average molecular weight is 228 g/mol. The predicted octanol–water partition coefficient (Wildman–Crippen LogP) is 1.78. The van der Waals surface area contributed by atoms with Crippen molar-refractivity contribution in [1.82, 2.24) is 9.78 Å². The first-order valence-corrected chi connectivity index (χ1v) is 5.51. The first kappa shape index (κ1) is 10.1. The molecule has 4 nitrogen and oxygen atoms in total. The Labute approximate surface area is 98.8 Å². The summed E-state index contributed by atoms with van der Waals surface area (Å²) in [5.41, 5.74) is 1.46. The van der Waals surface area contributed by atoms with Crippen LogP contribution in [-0.4, -0.2) is 22.2 Å². The van der Waals surface area contributed by atoms with E-state index in [2.05, 4.69) is 5.10 Å². The van der Waals surface area contributed by atoms with Crippen LogP contribution in [0.15, 0.2) is 36.5 Å². The molecule has 2 heterocycles. The number of para-hydroxylation sites is 1. The Kier molecular flexibility index (Phi) is 2.21. The molecule has 17 heavy (non-hydrogen) atoms. The van der Waals surface area contributed by atoms with E-state index in [4.69, 9.17) is 4.74 Å². The third-order valence-electron chi connectivity index (χ3n) is 2.98. The van der Waals surface area contributed by atoms with E-state index >= 15 is 0 Å². The maximum absolute atomic E-state index is 12.3. The van der Waals surface area contributed by atoms with Crippen LogP contribution in [0.2, 0.25) is 0 Å². The van der Waals surface area contributed by atoms with Gasteiger partial charge in [0.1, 0.15) is 18.1 Å². The molecular weight excluding hydrogens is 216 g/mol. The van der Waals surface area contributed by atoms with Gasteiger partial charge in [-0.2, -0.15) is 5.10 Å². The predicted molar refractivity (Wildman–Crippen MR) is 62.2 cm³/mol. The number of Topliss-reactive ketones (excluding diaryl/α,β-unsaturated/α-hetero) is 1. The summed E-state index contributed by atoms with van der Waals surface area (Å²) in [5.74, 6) is 0.610. The third-order valence-corrected chi connectivity index (χ3v) is 2.98. The Morgan fingerprint density at radius 1 is 1.41 bits per heavy atom. The highest BCUT2D eigenvalue weighted by Gasteiger charge is 2.31. The highest BCUT2D eigenvalue weighted by molar-refractivity contribution is 6.00. The molecule has 1 aliphatic heterocycles. The molecule has 0 amide bonds. The van der Waals surface area contributed by atoms with Crippen LogP contribution in [0.5, 0.6) is 5.75 Å². The average Bonchev–Trinajstić information content (AvgIpc) is 2.94. The minimum Gasteiger partial charge on any atom is -0.492 e. The number of carbonyl (C=O) groups is 1. The highest BCUT2D eigenvalue weighted by atomic mass is 16.5. The van der Waals surface area contributed by atoms with Crippen molar-refractivity contribution in [1.29, 1.82) is 0 Å². The minimum atomic E-state index is -0.221. The van der Waals surface area contributed by atoms with Crippen LogP contribution >= 0.6 is 0 Å². The number of ether oxygens (including phenoxy) is 1. The first-order chi connectivity index (χ1) is 8.25. The highest BCUT2D eigenvalue weighted by Crippen LogP contribution is 2.35. The molecule has 1 aliphatic rings. The minimum absolute atomic E-state index is 0.0237. The van der Waals surface area contributed by atoms with Gasteiger partial charge in [-0.25, -0.2) is 0 Å². The molecule has 0 fully saturated rings. The van der Waals surface area contributed by atoms with Crippen LogP contribution in [0.4, 0.5) is 0 Å². The molecule has 2 aromatic rings. The van der Waals surface area contributed by atoms with Crippen molar-refractivity contribution in [3.8, 4) is 5.75 Å². The summed E-state index contributed by atoms with van der Waals surface area (Å²) in [4.78, 5) is 12.3. The molecule has 1 aromatic heterocycles. The van der Waals surface area contributed by atoms with Gasteiger partial charge in [-0.3, -0.25) is 9.48 Å². The second kappa shape index (κ2) is 3.73. The van der Waals surface area contributed by atoms with Gasteiger partial charge in [-0.1, -0.05) is 18.2 Å². The van der Waals surface area contributed by atoms with Crippen molar-refractivity contribution in [3.63, 3.8) is 0 Å². The lowest BCUT2D eigenvalue weighted by Crippen LogP contribution is -2.15. The smallest absolute Gasteiger partial charge is 0.194 e. The number of hydrogen-bond donors (Lipinski definition) is 0. The van der Waals surface area contributed by atoms with E-state index in [-0.39, 0.29) is 11.7 Å².